The van der Waals surface area contributed by atoms with Crippen molar-refractivity contribution in [1.82, 2.24) is 0 Å². The lowest BCUT2D eigenvalue weighted by Crippen LogP contribution is -1.10. The maximum atomic E-state index is 5.00. The Morgan fingerprint density at radius 3 is 0.345 bits per heavy atom. The molecule has 0 nitrogen and oxygen atoms in total. The first-order chi connectivity index (χ1) is 15.4. The molecule has 0 spiro atoms. The van der Waals surface area contributed by atoms with E-state index >= 15 is 0 Å². The average molecular weight is 465 g/mol. The summed E-state index contributed by atoms with van der Waals surface area (Å²) in [6.07, 6.45) is 4.60. The van der Waals surface area contributed by atoms with Crippen molar-refractivity contribution in [2.24, 2.45) is 0 Å². The van der Waals surface area contributed by atoms with Crippen LogP contribution in [0.25, 0.3) is 0 Å². The standard InChI is InChI=1S/C3H4.11C2H6.4CH4.6H2/c1-3-2;11*1-2;;;;;;;;;;/h1H,2H3;11*1-2H3;4*1H4;6*1H/i;;;;;;;;;;;;;;;;3*1+2T;3*1+2. The molecule has 0 saturated carbocycles. The van der Waals surface area contributed by atoms with Gasteiger partial charge in [0.15, 0.2) is 0 Å². The Balaban J connectivity index is -0.00000000357. The predicted octanol–water partition coefficient (Wildman–Crippen LogP) is 15.9. The van der Waals surface area contributed by atoms with Crippen molar-refractivity contribution in [1.29, 1.82) is 0 Å². The van der Waals surface area contributed by atoms with Gasteiger partial charge in [-0.2, -0.15) is 0 Å². The molecule has 0 aliphatic rings. The maximum absolute atomic E-state index is 5.00. The van der Waals surface area contributed by atoms with Gasteiger partial charge in [0.1, 0.15) is 0 Å². The fraction of sp³-hybridized carbons (Fsp3) is 0.931. The second-order valence-electron chi connectivity index (χ2n) is 0.289. The van der Waals surface area contributed by atoms with Gasteiger partial charge in [-0.3, -0.25) is 0 Å². The van der Waals surface area contributed by atoms with E-state index in [1.807, 2.05) is 152 Å². The van der Waals surface area contributed by atoms with Gasteiger partial charge in [-0.05, 0) is 6.92 Å². The predicted molar refractivity (Wildman–Crippen MR) is 179 cm³/mol. The minimum atomic E-state index is 0. The van der Waals surface area contributed by atoms with Gasteiger partial charge in [-0.1, -0.05) is 182 Å². The first-order valence-electron chi connectivity index (χ1n) is 14.8. The van der Waals surface area contributed by atoms with Crippen molar-refractivity contribution >= 4 is 0 Å². The molecule has 0 aromatic heterocycles. The van der Waals surface area contributed by atoms with Crippen LogP contribution < -0.4 is 0 Å². The highest BCUT2D eigenvalue weighted by Gasteiger charge is 1.09. The second-order valence-corrected chi connectivity index (χ2v) is 0.289. The monoisotopic (exact) mass is 465 g/mol. The lowest BCUT2D eigenvalue weighted by molar-refractivity contribution is 1.50. The van der Waals surface area contributed by atoms with E-state index in [2.05, 4.69) is 12.3 Å². The highest BCUT2D eigenvalue weighted by Crippen LogP contribution is 1.21. The van der Waals surface area contributed by atoms with E-state index < -0.39 is 0 Å². The molecule has 29 heavy (non-hydrogen) atoms. The van der Waals surface area contributed by atoms with Crippen molar-refractivity contribution in [2.75, 3.05) is 0 Å². The Morgan fingerprint density at radius 2 is 0.345 bits per heavy atom. The largest absolute Gasteiger partial charge is 0.120 e. The highest BCUT2D eigenvalue weighted by molar-refractivity contribution is 4.73. The van der Waals surface area contributed by atoms with Crippen LogP contribution in [0.4, 0.5) is 0 Å². The van der Waals surface area contributed by atoms with Gasteiger partial charge in [-0.15, -0.1) is 12.3 Å². The summed E-state index contributed by atoms with van der Waals surface area (Å²) in [6, 6.07) is 0. The van der Waals surface area contributed by atoms with Crippen LogP contribution in [-0.4, -0.2) is 0 Å². The lowest BCUT2D eigenvalue weighted by Gasteiger charge is -1.23. The molecule has 0 radical (unpaired) electrons. The van der Waals surface area contributed by atoms with E-state index in [0.717, 1.165) is 0 Å². The van der Waals surface area contributed by atoms with Gasteiger partial charge in [0.25, 0.3) is 0 Å². The van der Waals surface area contributed by atoms with Crippen LogP contribution in [0.5, 0.6) is 0 Å². The molecule has 0 aromatic carbocycles. The average Bonchev–Trinajstić information content (AvgIpc) is 2.99. The minimum Gasteiger partial charge on any atom is -0.120 e. The molecule has 0 fully saturated rings. The molecule has 0 heterocycles. The first kappa shape index (κ1) is 89.6. The fourth-order valence-electron chi connectivity index (χ4n) is 0. The normalized spacial score (nSPS) is 3.38. The zero-order chi connectivity index (χ0) is 30.7. The van der Waals surface area contributed by atoms with Crippen LogP contribution in [-0.2, 0) is 0 Å². The smallest absolute Gasteiger partial charge is 0 e. The lowest BCUT2D eigenvalue weighted by atomic mass is 10.9. The summed E-state index contributed by atoms with van der Waals surface area (Å²) in [6.45, 7) is 45.7. The molecule has 0 aromatic rings. The van der Waals surface area contributed by atoms with Crippen molar-refractivity contribution in [3.05, 3.63) is 0 Å². The molecule has 0 saturated heterocycles. The molecule has 0 aliphatic carbocycles. The van der Waals surface area contributed by atoms with Crippen LogP contribution in [0, 0.1) is 12.3 Å². The first-order valence-corrected chi connectivity index (χ1v) is 11.8. The van der Waals surface area contributed by atoms with E-state index in [1.165, 1.54) is 0 Å². The zero-order valence-corrected chi connectivity index (χ0v) is 24.1. The van der Waals surface area contributed by atoms with E-state index in [0.29, 0.717) is 0 Å². The van der Waals surface area contributed by atoms with Crippen LogP contribution in [0.15, 0.2) is 0 Å². The minimum absolute atomic E-state index is 0. The number of terminal acetylenes is 1. The quantitative estimate of drug-likeness (QED) is 0.312. The van der Waals surface area contributed by atoms with Crippen molar-refractivity contribution < 1.29 is 13.2 Å². The van der Waals surface area contributed by atoms with Crippen molar-refractivity contribution in [3.63, 3.8) is 0 Å². The van der Waals surface area contributed by atoms with Gasteiger partial charge in [0.2, 0.25) is 0 Å². The number of hydrogen-bond acceptors (Lipinski definition) is 0. The van der Waals surface area contributed by atoms with Crippen LogP contribution in [0.3, 0.4) is 0 Å². The Hall–Kier alpha value is -0.440. The molecular formula is C29H98. The Morgan fingerprint density at radius 1 is 0.345 bits per heavy atom. The van der Waals surface area contributed by atoms with E-state index in [9.17, 15) is 0 Å². The molecule has 0 N–H and O–H groups in total. The highest BCUT2D eigenvalue weighted by atomic mass is 13.2. The molecule has 0 amide bonds. The molecular weight excluding hydrogens is 348 g/mol. The third-order valence-corrected chi connectivity index (χ3v) is 0. The molecule has 0 aliphatic heterocycles. The van der Waals surface area contributed by atoms with Gasteiger partial charge in [0, 0.05) is 13.2 Å². The second kappa shape index (κ2) is 62000. The van der Waals surface area contributed by atoms with Gasteiger partial charge >= 0.3 is 0 Å². The van der Waals surface area contributed by atoms with Crippen molar-refractivity contribution in [2.45, 2.75) is 189 Å². The van der Waals surface area contributed by atoms with Crippen LogP contribution >= 0.6 is 0 Å². The Labute approximate surface area is 215 Å². The molecule has 0 heteroatoms. The third-order valence-electron chi connectivity index (χ3n) is 0. The Bertz CT molecular complexity index is 51.5. The van der Waals surface area contributed by atoms with Crippen LogP contribution in [0.2, 0.25) is 0 Å². The molecule has 0 bridgehead atoms. The van der Waals surface area contributed by atoms with E-state index in [1.54, 1.807) is 6.92 Å². The van der Waals surface area contributed by atoms with Crippen molar-refractivity contribution in [3.8, 4) is 12.3 Å². The number of rotatable bonds is 0. The third kappa shape index (κ3) is 93000. The zero-order valence-electron chi connectivity index (χ0n) is 30.1. The summed E-state index contributed by atoms with van der Waals surface area (Å²) < 4.78 is 30.0. The summed E-state index contributed by atoms with van der Waals surface area (Å²) in [5, 5.41) is 0. The summed E-state index contributed by atoms with van der Waals surface area (Å²) in [4.78, 5) is 0. The molecule has 0 rings (SSSR count). The van der Waals surface area contributed by atoms with E-state index in [4.69, 9.17) is 8.91 Å². The molecule has 0 unspecified atom stereocenters. The van der Waals surface area contributed by atoms with Crippen LogP contribution in [0.1, 0.15) is 202 Å². The summed E-state index contributed by atoms with van der Waals surface area (Å²) in [5.74, 6) is 2.25. The van der Waals surface area contributed by atoms with E-state index in [-0.39, 0.29) is 34.0 Å². The Kier molecular flexibility index (Phi) is 192000. The van der Waals surface area contributed by atoms with Gasteiger partial charge in [0.05, 0.1) is 0 Å². The van der Waals surface area contributed by atoms with Gasteiger partial charge in [-0.25, -0.2) is 0 Å². The van der Waals surface area contributed by atoms with Gasteiger partial charge < -0.3 is 0 Å². The maximum Gasteiger partial charge on any atom is 0 e. The fourth-order valence-corrected chi connectivity index (χ4v) is 0. The SMILES string of the molecule is C.C.C.C.C#CC.CC.CC.CC.CC.CC.CC.CC.CC.CC.CC.CC.[3HH].[3HH].[3HH].[3H][3H].[3H][3H].[3H][3H]. The number of hydrogen-bond donors (Lipinski definition) is 0. The topological polar surface area (TPSA) is 0 Å². The summed E-state index contributed by atoms with van der Waals surface area (Å²) in [5.41, 5.74) is 0. The summed E-state index contributed by atoms with van der Waals surface area (Å²) >= 11 is 0. The molecule has 0 atom stereocenters. The molecule has 214 valence electrons. The summed E-state index contributed by atoms with van der Waals surface area (Å²) in [7, 11) is 0.